The number of halogens is 4. The molecule has 0 atom stereocenters. The van der Waals surface area contributed by atoms with Gasteiger partial charge in [0.05, 0.1) is 11.4 Å². The summed E-state index contributed by atoms with van der Waals surface area (Å²) in [5, 5.41) is 0. The van der Waals surface area contributed by atoms with Crippen LogP contribution < -0.4 is 4.90 Å². The topological polar surface area (TPSA) is 3.24 Å². The summed E-state index contributed by atoms with van der Waals surface area (Å²) in [6.07, 6.45) is 0. The predicted octanol–water partition coefficient (Wildman–Crippen LogP) is 6.64. The van der Waals surface area contributed by atoms with Crippen molar-refractivity contribution in [2.24, 2.45) is 0 Å². The van der Waals surface area contributed by atoms with Crippen LogP contribution in [0, 0.1) is 44.0 Å². The molecule has 0 saturated heterocycles. The highest BCUT2D eigenvalue weighted by molar-refractivity contribution is 5.78. The van der Waals surface area contributed by atoms with Crippen LogP contribution in [0.2, 0.25) is 0 Å². The van der Waals surface area contributed by atoms with Crippen LogP contribution >= 0.6 is 0 Å². The number of aryl methyl sites for hydroxylation is 3. The molecule has 0 unspecified atom stereocenters. The van der Waals surface area contributed by atoms with Gasteiger partial charge < -0.3 is 0 Å². The van der Waals surface area contributed by atoms with Crippen molar-refractivity contribution >= 4 is 17.1 Å². The Kier molecular flexibility index (Phi) is 4.72. The van der Waals surface area contributed by atoms with Gasteiger partial charge in [0, 0.05) is 0 Å². The fraction of sp³-hybridized carbons (Fsp3) is 0.143. The maximum absolute atomic E-state index is 14.6. The van der Waals surface area contributed by atoms with Crippen molar-refractivity contribution in [3.05, 3.63) is 88.5 Å². The average molecular weight is 359 g/mol. The second kappa shape index (κ2) is 6.83. The largest absolute Gasteiger partial charge is 0.299 e. The van der Waals surface area contributed by atoms with Crippen molar-refractivity contribution in [2.75, 3.05) is 4.90 Å². The number of anilines is 3. The van der Waals surface area contributed by atoms with E-state index in [2.05, 4.69) is 0 Å². The molecule has 3 rings (SSSR count). The standard InChI is InChI=1S/C21H17F4N/c1-12-4-6-19(15(22)8-12)26(20-7-5-13(2)9-16(20)23)21-17(24)10-14(3)11-18(21)25/h4-11H,1-3H3. The van der Waals surface area contributed by atoms with Crippen molar-refractivity contribution in [2.45, 2.75) is 20.8 Å². The average Bonchev–Trinajstić information content (AvgIpc) is 2.52. The van der Waals surface area contributed by atoms with E-state index in [4.69, 9.17) is 0 Å². The van der Waals surface area contributed by atoms with Crippen molar-refractivity contribution < 1.29 is 17.6 Å². The predicted molar refractivity (Wildman–Crippen MR) is 95.2 cm³/mol. The Labute approximate surface area is 149 Å². The van der Waals surface area contributed by atoms with Gasteiger partial charge in [-0.05, 0) is 73.9 Å². The van der Waals surface area contributed by atoms with Gasteiger partial charge in [-0.25, -0.2) is 17.6 Å². The van der Waals surface area contributed by atoms with Crippen molar-refractivity contribution in [3.63, 3.8) is 0 Å². The third-order valence-corrected chi connectivity index (χ3v) is 4.07. The summed E-state index contributed by atoms with van der Waals surface area (Å²) in [4.78, 5) is 0.938. The summed E-state index contributed by atoms with van der Waals surface area (Å²) in [6.45, 7) is 4.92. The van der Waals surface area contributed by atoms with E-state index in [0.29, 0.717) is 16.7 Å². The zero-order valence-electron chi connectivity index (χ0n) is 14.6. The Bertz CT molecular complexity index is 907. The number of rotatable bonds is 3. The van der Waals surface area contributed by atoms with E-state index in [9.17, 15) is 17.6 Å². The molecule has 3 aromatic rings. The first kappa shape index (κ1) is 18.0. The van der Waals surface area contributed by atoms with E-state index in [1.54, 1.807) is 32.9 Å². The van der Waals surface area contributed by atoms with Crippen LogP contribution in [-0.2, 0) is 0 Å². The van der Waals surface area contributed by atoms with Gasteiger partial charge in [-0.2, -0.15) is 0 Å². The van der Waals surface area contributed by atoms with E-state index in [1.807, 2.05) is 0 Å². The molecule has 0 radical (unpaired) electrons. The van der Waals surface area contributed by atoms with Crippen LogP contribution in [0.1, 0.15) is 16.7 Å². The van der Waals surface area contributed by atoms with Gasteiger partial charge in [-0.3, -0.25) is 4.90 Å². The molecule has 0 bridgehead atoms. The third kappa shape index (κ3) is 3.29. The lowest BCUT2D eigenvalue weighted by Crippen LogP contribution is -2.17. The van der Waals surface area contributed by atoms with Gasteiger partial charge in [0.1, 0.15) is 29.0 Å². The molecular weight excluding hydrogens is 342 g/mol. The Morgan fingerprint density at radius 2 is 0.923 bits per heavy atom. The third-order valence-electron chi connectivity index (χ3n) is 4.07. The zero-order valence-corrected chi connectivity index (χ0v) is 14.6. The van der Waals surface area contributed by atoms with Crippen LogP contribution in [0.3, 0.4) is 0 Å². The molecule has 0 spiro atoms. The van der Waals surface area contributed by atoms with E-state index in [1.165, 1.54) is 24.3 Å². The lowest BCUT2D eigenvalue weighted by molar-refractivity contribution is 0.578. The van der Waals surface area contributed by atoms with Crippen molar-refractivity contribution in [1.82, 2.24) is 0 Å². The molecule has 0 aliphatic carbocycles. The second-order valence-electron chi connectivity index (χ2n) is 6.32. The molecule has 26 heavy (non-hydrogen) atoms. The summed E-state index contributed by atoms with van der Waals surface area (Å²) < 4.78 is 58.5. The molecule has 0 aliphatic rings. The Morgan fingerprint density at radius 1 is 0.538 bits per heavy atom. The van der Waals surface area contributed by atoms with E-state index in [-0.39, 0.29) is 11.4 Å². The molecule has 0 heterocycles. The van der Waals surface area contributed by atoms with Crippen LogP contribution in [0.5, 0.6) is 0 Å². The molecular formula is C21H17F4N. The van der Waals surface area contributed by atoms with E-state index >= 15 is 0 Å². The first-order valence-electron chi connectivity index (χ1n) is 8.06. The minimum atomic E-state index is -0.901. The molecule has 134 valence electrons. The van der Waals surface area contributed by atoms with Crippen LogP contribution in [0.15, 0.2) is 48.5 Å². The maximum atomic E-state index is 14.6. The number of benzene rings is 3. The molecule has 0 saturated carbocycles. The fourth-order valence-electron chi connectivity index (χ4n) is 2.86. The number of nitrogens with zero attached hydrogens (tertiary/aromatic N) is 1. The van der Waals surface area contributed by atoms with Gasteiger partial charge in [0.15, 0.2) is 0 Å². The Morgan fingerprint density at radius 3 is 1.31 bits per heavy atom. The van der Waals surface area contributed by atoms with Gasteiger partial charge in [-0.1, -0.05) is 12.1 Å². The Balaban J connectivity index is 2.33. The smallest absolute Gasteiger partial charge is 0.150 e. The minimum Gasteiger partial charge on any atom is -0.299 e. The fourth-order valence-corrected chi connectivity index (χ4v) is 2.86. The van der Waals surface area contributed by atoms with E-state index < -0.39 is 29.0 Å². The quantitative estimate of drug-likeness (QED) is 0.474. The van der Waals surface area contributed by atoms with Gasteiger partial charge in [0.25, 0.3) is 0 Å². The van der Waals surface area contributed by atoms with Gasteiger partial charge >= 0.3 is 0 Å². The molecule has 1 nitrogen and oxygen atoms in total. The molecule has 0 N–H and O–H groups in total. The monoisotopic (exact) mass is 359 g/mol. The Hall–Kier alpha value is -2.82. The van der Waals surface area contributed by atoms with E-state index in [0.717, 1.165) is 17.0 Å². The first-order chi connectivity index (χ1) is 12.3. The van der Waals surface area contributed by atoms with Crippen LogP contribution in [-0.4, -0.2) is 0 Å². The lowest BCUT2D eigenvalue weighted by atomic mass is 10.1. The highest BCUT2D eigenvalue weighted by Crippen LogP contribution is 2.40. The highest BCUT2D eigenvalue weighted by Gasteiger charge is 2.25. The second-order valence-corrected chi connectivity index (χ2v) is 6.32. The summed E-state index contributed by atoms with van der Waals surface area (Å²) >= 11 is 0. The molecule has 0 aromatic heterocycles. The minimum absolute atomic E-state index is 0.139. The number of hydrogen-bond donors (Lipinski definition) is 0. The van der Waals surface area contributed by atoms with Crippen LogP contribution in [0.4, 0.5) is 34.6 Å². The molecule has 0 fully saturated rings. The highest BCUT2D eigenvalue weighted by atomic mass is 19.1. The molecule has 0 amide bonds. The molecule has 5 heteroatoms. The van der Waals surface area contributed by atoms with Gasteiger partial charge in [0.2, 0.25) is 0 Å². The zero-order chi connectivity index (χ0) is 19.0. The molecule has 0 aliphatic heterocycles. The van der Waals surface area contributed by atoms with Gasteiger partial charge in [-0.15, -0.1) is 0 Å². The molecule has 3 aromatic carbocycles. The van der Waals surface area contributed by atoms with Crippen LogP contribution in [0.25, 0.3) is 0 Å². The SMILES string of the molecule is Cc1ccc(N(c2ccc(C)cc2F)c2c(F)cc(C)cc2F)c(F)c1. The number of hydrogen-bond acceptors (Lipinski definition) is 1. The summed E-state index contributed by atoms with van der Waals surface area (Å²) in [5.41, 5.74) is 0.847. The maximum Gasteiger partial charge on any atom is 0.150 e. The summed E-state index contributed by atoms with van der Waals surface area (Å²) in [5.74, 6) is -3.21. The normalized spacial score (nSPS) is 10.9. The first-order valence-corrected chi connectivity index (χ1v) is 8.06. The van der Waals surface area contributed by atoms with Crippen molar-refractivity contribution in [1.29, 1.82) is 0 Å². The summed E-state index contributed by atoms with van der Waals surface area (Å²) in [6, 6.07) is 10.7. The summed E-state index contributed by atoms with van der Waals surface area (Å²) in [7, 11) is 0. The lowest BCUT2D eigenvalue weighted by Gasteiger charge is -2.27. The van der Waals surface area contributed by atoms with Crippen molar-refractivity contribution in [3.8, 4) is 0 Å².